The van der Waals surface area contributed by atoms with Gasteiger partial charge in [0, 0.05) is 20.0 Å². The molecule has 1 atom stereocenters. The monoisotopic (exact) mass is 473 g/mol. The van der Waals surface area contributed by atoms with Gasteiger partial charge in [-0.1, -0.05) is 28.1 Å². The average Bonchev–Trinajstić information content (AvgIpc) is 2.49. The molecule has 0 aromatic heterocycles. The summed E-state index contributed by atoms with van der Waals surface area (Å²) < 4.78 is 1.94. The van der Waals surface area contributed by atoms with Gasteiger partial charge in [0.2, 0.25) is 0 Å². The average molecular weight is 474 g/mol. The molecule has 0 aliphatic carbocycles. The zero-order valence-corrected chi connectivity index (χ0v) is 15.2. The Morgan fingerprint density at radius 2 is 1.68 bits per heavy atom. The molecule has 0 aliphatic rings. The summed E-state index contributed by atoms with van der Waals surface area (Å²) in [6.07, 6.45) is 0.245. The number of carboxylic acids is 1. The third-order valence-corrected chi connectivity index (χ3v) is 4.31. The van der Waals surface area contributed by atoms with Crippen molar-refractivity contribution in [1.29, 1.82) is 0 Å². The highest BCUT2D eigenvalue weighted by Gasteiger charge is 2.21. The van der Waals surface area contributed by atoms with Crippen LogP contribution in [-0.4, -0.2) is 23.0 Å². The molecule has 0 unspecified atom stereocenters. The Kier molecular flexibility index (Phi) is 5.96. The first-order valence-corrected chi connectivity index (χ1v) is 8.36. The fourth-order valence-corrected chi connectivity index (χ4v) is 2.52. The molecule has 2 rings (SSSR count). The fourth-order valence-electron chi connectivity index (χ4n) is 1.90. The molecule has 2 N–H and O–H groups in total. The molecule has 1 amide bonds. The van der Waals surface area contributed by atoms with E-state index in [1.54, 1.807) is 24.3 Å². The van der Waals surface area contributed by atoms with Crippen LogP contribution in [-0.2, 0) is 11.2 Å². The van der Waals surface area contributed by atoms with Gasteiger partial charge in [-0.2, -0.15) is 0 Å². The van der Waals surface area contributed by atoms with Gasteiger partial charge < -0.3 is 10.4 Å². The van der Waals surface area contributed by atoms with Gasteiger partial charge in [-0.05, 0) is 64.6 Å². The molecule has 0 spiro atoms. The number of halogens is 2. The first-order valence-electron chi connectivity index (χ1n) is 6.49. The van der Waals surface area contributed by atoms with E-state index in [-0.39, 0.29) is 6.42 Å². The first kappa shape index (κ1) is 17.0. The number of carbonyl (C=O) groups is 2. The lowest BCUT2D eigenvalue weighted by atomic mass is 10.1. The summed E-state index contributed by atoms with van der Waals surface area (Å²) in [4.78, 5) is 23.5. The molecule has 0 heterocycles. The van der Waals surface area contributed by atoms with E-state index in [1.165, 1.54) is 0 Å². The number of carbonyl (C=O) groups excluding carboxylic acids is 1. The van der Waals surface area contributed by atoms with E-state index in [1.807, 2.05) is 24.3 Å². The molecular formula is C16H13BrINO3. The Morgan fingerprint density at radius 3 is 2.23 bits per heavy atom. The third kappa shape index (κ3) is 4.81. The van der Waals surface area contributed by atoms with Gasteiger partial charge in [0.15, 0.2) is 0 Å². The number of carboxylic acid groups (broad SMARTS) is 1. The highest BCUT2D eigenvalue weighted by molar-refractivity contribution is 14.1. The minimum absolute atomic E-state index is 0.245. The fraction of sp³-hybridized carbons (Fsp3) is 0.125. The van der Waals surface area contributed by atoms with Crippen molar-refractivity contribution in [3.63, 3.8) is 0 Å². The quantitative estimate of drug-likeness (QED) is 0.653. The van der Waals surface area contributed by atoms with E-state index < -0.39 is 17.9 Å². The minimum Gasteiger partial charge on any atom is -0.480 e. The van der Waals surface area contributed by atoms with Crippen molar-refractivity contribution in [2.45, 2.75) is 12.5 Å². The number of rotatable bonds is 5. The second-order valence-corrected chi connectivity index (χ2v) is 6.86. The second-order valence-electron chi connectivity index (χ2n) is 4.70. The second kappa shape index (κ2) is 7.73. The molecule has 0 radical (unpaired) electrons. The van der Waals surface area contributed by atoms with Gasteiger partial charge in [0.1, 0.15) is 6.04 Å². The van der Waals surface area contributed by atoms with E-state index in [0.717, 1.165) is 13.6 Å². The Bertz CT molecular complexity index is 671. The van der Waals surface area contributed by atoms with Gasteiger partial charge >= 0.3 is 5.97 Å². The van der Waals surface area contributed by atoms with E-state index >= 15 is 0 Å². The van der Waals surface area contributed by atoms with Crippen LogP contribution in [0.1, 0.15) is 15.9 Å². The van der Waals surface area contributed by atoms with E-state index in [0.29, 0.717) is 5.56 Å². The van der Waals surface area contributed by atoms with Crippen LogP contribution in [0, 0.1) is 3.57 Å². The Hall–Kier alpha value is -1.41. The molecule has 114 valence electrons. The van der Waals surface area contributed by atoms with Crippen molar-refractivity contribution in [3.8, 4) is 0 Å². The van der Waals surface area contributed by atoms with Crippen LogP contribution in [0.2, 0.25) is 0 Å². The van der Waals surface area contributed by atoms with Gasteiger partial charge in [-0.25, -0.2) is 4.79 Å². The molecule has 0 bridgehead atoms. The van der Waals surface area contributed by atoms with Crippen LogP contribution >= 0.6 is 38.5 Å². The largest absolute Gasteiger partial charge is 0.480 e. The van der Waals surface area contributed by atoms with E-state index in [9.17, 15) is 14.7 Å². The summed E-state index contributed by atoms with van der Waals surface area (Å²) in [6.45, 7) is 0. The van der Waals surface area contributed by atoms with Gasteiger partial charge in [0.05, 0.1) is 0 Å². The van der Waals surface area contributed by atoms with Crippen molar-refractivity contribution in [2.24, 2.45) is 0 Å². The summed E-state index contributed by atoms with van der Waals surface area (Å²) in [6, 6.07) is 13.3. The molecular weight excluding hydrogens is 461 g/mol. The normalized spacial score (nSPS) is 11.7. The van der Waals surface area contributed by atoms with Crippen molar-refractivity contribution < 1.29 is 14.7 Å². The van der Waals surface area contributed by atoms with Crippen LogP contribution in [0.5, 0.6) is 0 Å². The number of benzene rings is 2. The zero-order valence-electron chi connectivity index (χ0n) is 11.4. The zero-order chi connectivity index (χ0) is 16.1. The molecule has 0 aliphatic heterocycles. The predicted octanol–water partition coefficient (Wildman–Crippen LogP) is 3.48. The molecule has 0 fully saturated rings. The van der Waals surface area contributed by atoms with Crippen LogP contribution in [0.15, 0.2) is 53.0 Å². The maximum atomic E-state index is 12.1. The summed E-state index contributed by atoms with van der Waals surface area (Å²) in [5, 5.41) is 11.9. The first-order chi connectivity index (χ1) is 10.5. The van der Waals surface area contributed by atoms with Crippen molar-refractivity contribution in [3.05, 3.63) is 67.7 Å². The summed E-state index contributed by atoms with van der Waals surface area (Å²) >= 11 is 5.48. The van der Waals surface area contributed by atoms with Crippen LogP contribution < -0.4 is 5.32 Å². The predicted molar refractivity (Wildman–Crippen MR) is 95.9 cm³/mol. The Balaban J connectivity index is 2.08. The summed E-state index contributed by atoms with van der Waals surface area (Å²) in [5.41, 5.74) is 1.29. The lowest BCUT2D eigenvalue weighted by molar-refractivity contribution is -0.139. The van der Waals surface area contributed by atoms with Crippen molar-refractivity contribution in [2.75, 3.05) is 0 Å². The molecule has 4 nitrogen and oxygen atoms in total. The standard InChI is InChI=1S/C16H13BrINO3/c17-12-5-3-11(4-6-12)15(20)19-14(16(21)22)9-10-1-7-13(18)8-2-10/h1-8,14H,9H2,(H,19,20)(H,21,22)/t14-/m0/s1. The summed E-state index contributed by atoms with van der Waals surface area (Å²) in [5.74, 6) is -1.45. The van der Waals surface area contributed by atoms with Gasteiger partial charge in [0.25, 0.3) is 5.91 Å². The Morgan fingerprint density at radius 1 is 1.09 bits per heavy atom. The molecule has 22 heavy (non-hydrogen) atoms. The van der Waals surface area contributed by atoms with E-state index in [4.69, 9.17) is 0 Å². The molecule has 2 aromatic rings. The van der Waals surface area contributed by atoms with Crippen LogP contribution in [0.3, 0.4) is 0 Å². The minimum atomic E-state index is -1.05. The van der Waals surface area contributed by atoms with Crippen molar-refractivity contribution in [1.82, 2.24) is 5.32 Å². The number of hydrogen-bond acceptors (Lipinski definition) is 2. The number of aliphatic carboxylic acids is 1. The van der Waals surface area contributed by atoms with E-state index in [2.05, 4.69) is 43.8 Å². The summed E-state index contributed by atoms with van der Waals surface area (Å²) in [7, 11) is 0. The number of nitrogens with one attached hydrogen (secondary N) is 1. The van der Waals surface area contributed by atoms with Gasteiger partial charge in [-0.3, -0.25) is 4.79 Å². The maximum Gasteiger partial charge on any atom is 0.326 e. The molecule has 0 saturated carbocycles. The lowest BCUT2D eigenvalue weighted by Crippen LogP contribution is -2.42. The Labute approximate surface area is 150 Å². The third-order valence-electron chi connectivity index (χ3n) is 3.06. The number of hydrogen-bond donors (Lipinski definition) is 2. The lowest BCUT2D eigenvalue weighted by Gasteiger charge is -2.15. The molecule has 6 heteroatoms. The SMILES string of the molecule is O=C(N[C@@H](Cc1ccc(I)cc1)C(=O)O)c1ccc(Br)cc1. The smallest absolute Gasteiger partial charge is 0.326 e. The molecule has 2 aromatic carbocycles. The van der Waals surface area contributed by atoms with Crippen molar-refractivity contribution >= 4 is 50.4 Å². The van der Waals surface area contributed by atoms with Gasteiger partial charge in [-0.15, -0.1) is 0 Å². The molecule has 0 saturated heterocycles. The number of amides is 1. The van der Waals surface area contributed by atoms with Crippen LogP contribution in [0.25, 0.3) is 0 Å². The highest BCUT2D eigenvalue weighted by atomic mass is 127. The highest BCUT2D eigenvalue weighted by Crippen LogP contribution is 2.12. The maximum absolute atomic E-state index is 12.1. The van der Waals surface area contributed by atoms with Crippen LogP contribution in [0.4, 0.5) is 0 Å². The topological polar surface area (TPSA) is 66.4 Å².